The molecule has 0 saturated heterocycles. The minimum absolute atomic E-state index is 0.0544. The SMILES string of the molecule is [2H]c1c([2H])c([2H])c2c(-c3c4c([2H])c([2H])c([2H])c([2H])c4c(-c4cc5ccccc5cc4-c4cccc5c4-c4ccc6ccccc6c4C5)c4c([2H])c([2H])c([2H])c([2H])c34)c([2H])c([2H])c([2H])c2c1[2H]. The van der Waals surface area contributed by atoms with Crippen LogP contribution in [0.2, 0.25) is 0 Å². The van der Waals surface area contributed by atoms with Crippen molar-refractivity contribution in [3.63, 3.8) is 0 Å². The van der Waals surface area contributed by atoms with E-state index in [9.17, 15) is 6.85 Å². The van der Waals surface area contributed by atoms with Gasteiger partial charge in [-0.3, -0.25) is 0 Å². The fourth-order valence-corrected chi connectivity index (χ4v) is 8.06. The van der Waals surface area contributed by atoms with E-state index in [1.807, 2.05) is 60.7 Å². The van der Waals surface area contributed by atoms with E-state index in [0.29, 0.717) is 17.5 Å². The highest BCUT2D eigenvalue weighted by Gasteiger charge is 2.26. The lowest BCUT2D eigenvalue weighted by molar-refractivity contribution is 1.28. The van der Waals surface area contributed by atoms with Gasteiger partial charge in [0.25, 0.3) is 0 Å². The van der Waals surface area contributed by atoms with Gasteiger partial charge in [-0.25, -0.2) is 0 Å². The van der Waals surface area contributed by atoms with Gasteiger partial charge in [0.05, 0.1) is 20.6 Å². The lowest BCUT2D eigenvalue weighted by atomic mass is 9.81. The van der Waals surface area contributed by atoms with Crippen LogP contribution >= 0.6 is 0 Å². The molecule has 0 fully saturated rings. The molecular weight excluding hydrogens is 613 g/mol. The maximum Gasteiger partial charge on any atom is 0.0629 e. The summed E-state index contributed by atoms with van der Waals surface area (Å²) < 4.78 is 137. The third kappa shape index (κ3) is 4.20. The van der Waals surface area contributed by atoms with E-state index in [0.717, 1.165) is 49.4 Å². The summed E-state index contributed by atoms with van der Waals surface area (Å²) in [6.07, 6.45) is 0.642. The van der Waals surface area contributed by atoms with E-state index < -0.39 is 107 Å². The molecule has 236 valence electrons. The first-order chi connectivity index (χ1) is 31.5. The number of fused-ring (bicyclic) bond motifs is 9. The van der Waals surface area contributed by atoms with E-state index in [2.05, 4.69) is 30.3 Å². The first-order valence-electron chi connectivity index (χ1n) is 24.2. The minimum Gasteiger partial charge on any atom is -0.0616 e. The Labute approximate surface area is 318 Å². The number of hydrogen-bond acceptors (Lipinski definition) is 0. The monoisotopic (exact) mass is 659 g/mol. The molecule has 0 atom stereocenters. The molecule has 0 saturated carbocycles. The molecule has 1 aliphatic rings. The van der Waals surface area contributed by atoms with Crippen LogP contribution in [-0.4, -0.2) is 0 Å². The molecule has 0 radical (unpaired) electrons. The molecule has 0 aliphatic heterocycles. The van der Waals surface area contributed by atoms with Crippen LogP contribution in [0.1, 0.15) is 31.7 Å². The van der Waals surface area contributed by atoms with Crippen molar-refractivity contribution >= 4 is 53.9 Å². The van der Waals surface area contributed by atoms with Crippen molar-refractivity contribution in [2.24, 2.45) is 0 Å². The standard InChI is InChI=1S/C51H32/c1-2-16-35-30-48(47(29-34(35)15-1)44-26-12-18-36-31-46-38-20-6-4-14-33(38)27-28-45(46)49(36)44)51-42-23-9-7-21-40(42)50(41-22-8-10-24-43(41)51)39-25-11-17-32-13-3-5-19-37(32)39/h1-30H,31H2/i3D,5D,7D,8D,9D,10D,11D,13D,17D,19D,21D,22D,23D,24D,25D. The van der Waals surface area contributed by atoms with Crippen LogP contribution in [0.15, 0.2) is 182 Å². The molecule has 0 nitrogen and oxygen atoms in total. The van der Waals surface area contributed by atoms with Gasteiger partial charge in [-0.15, -0.1) is 0 Å². The van der Waals surface area contributed by atoms with E-state index in [4.69, 9.17) is 13.7 Å². The fourth-order valence-electron chi connectivity index (χ4n) is 8.06. The lowest BCUT2D eigenvalue weighted by Crippen LogP contribution is -1.95. The molecule has 10 aromatic rings. The Morgan fingerprint density at radius 2 is 0.922 bits per heavy atom. The van der Waals surface area contributed by atoms with E-state index in [-0.39, 0.29) is 32.7 Å². The Balaban J connectivity index is 1.41. The normalized spacial score (nSPS) is 16.4. The van der Waals surface area contributed by atoms with Crippen LogP contribution in [0.25, 0.3) is 98.4 Å². The van der Waals surface area contributed by atoms with E-state index in [1.165, 1.54) is 0 Å². The molecule has 0 N–H and O–H groups in total. The Morgan fingerprint density at radius 3 is 1.65 bits per heavy atom. The molecule has 0 unspecified atom stereocenters. The fraction of sp³-hybridized carbons (Fsp3) is 0.0196. The summed E-state index contributed by atoms with van der Waals surface area (Å²) in [4.78, 5) is 0. The van der Waals surface area contributed by atoms with Gasteiger partial charge in [0, 0.05) is 0 Å². The number of benzene rings is 10. The Hall–Kier alpha value is -6.50. The first kappa shape index (κ1) is 17.4. The van der Waals surface area contributed by atoms with Crippen LogP contribution in [0.3, 0.4) is 0 Å². The molecule has 0 heteroatoms. The van der Waals surface area contributed by atoms with Crippen molar-refractivity contribution in [3.8, 4) is 44.5 Å². The predicted octanol–water partition coefficient (Wildman–Crippen LogP) is 14.0. The largest absolute Gasteiger partial charge is 0.0629 e. The third-order valence-corrected chi connectivity index (χ3v) is 10.2. The van der Waals surface area contributed by atoms with Gasteiger partial charge in [0.2, 0.25) is 0 Å². The van der Waals surface area contributed by atoms with Crippen LogP contribution < -0.4 is 0 Å². The van der Waals surface area contributed by atoms with Gasteiger partial charge in [-0.1, -0.05) is 169 Å². The highest BCUT2D eigenvalue weighted by molar-refractivity contribution is 6.25. The van der Waals surface area contributed by atoms with Crippen LogP contribution in [0, 0.1) is 0 Å². The summed E-state index contributed by atoms with van der Waals surface area (Å²) in [5, 5.41) is 2.01. The van der Waals surface area contributed by atoms with Crippen molar-refractivity contribution in [2.75, 3.05) is 0 Å². The molecule has 0 amide bonds. The van der Waals surface area contributed by atoms with E-state index in [1.54, 1.807) is 0 Å². The molecule has 1 aliphatic carbocycles. The molecule has 11 rings (SSSR count). The smallest absolute Gasteiger partial charge is 0.0616 e. The van der Waals surface area contributed by atoms with Crippen molar-refractivity contribution < 1.29 is 20.6 Å². The van der Waals surface area contributed by atoms with Gasteiger partial charge in [0.15, 0.2) is 0 Å². The summed E-state index contributed by atoms with van der Waals surface area (Å²) in [5.41, 5.74) is 5.19. The minimum atomic E-state index is -0.752. The Morgan fingerprint density at radius 1 is 0.333 bits per heavy atom. The zero-order chi connectivity index (χ0) is 46.5. The van der Waals surface area contributed by atoms with Crippen molar-refractivity contribution in [2.45, 2.75) is 6.42 Å². The maximum absolute atomic E-state index is 9.72. The second-order valence-electron chi connectivity index (χ2n) is 12.8. The van der Waals surface area contributed by atoms with Crippen molar-refractivity contribution in [3.05, 3.63) is 193 Å². The average Bonchev–Trinajstić information content (AvgIpc) is 3.72. The van der Waals surface area contributed by atoms with Gasteiger partial charge in [-0.2, -0.15) is 0 Å². The summed E-state index contributed by atoms with van der Waals surface area (Å²) >= 11 is 0. The second-order valence-corrected chi connectivity index (χ2v) is 12.8. The zero-order valence-corrected chi connectivity index (χ0v) is 26.9. The van der Waals surface area contributed by atoms with Gasteiger partial charge in [0.1, 0.15) is 0 Å². The predicted molar refractivity (Wildman–Crippen MR) is 219 cm³/mol. The lowest BCUT2D eigenvalue weighted by Gasteiger charge is -2.22. The third-order valence-electron chi connectivity index (χ3n) is 10.2. The second kappa shape index (κ2) is 11.0. The van der Waals surface area contributed by atoms with Crippen LogP contribution in [0.5, 0.6) is 0 Å². The summed E-state index contributed by atoms with van der Waals surface area (Å²) in [6.45, 7) is 0. The average molecular weight is 660 g/mol. The van der Waals surface area contributed by atoms with E-state index >= 15 is 0 Å². The zero-order valence-electron chi connectivity index (χ0n) is 41.9. The topological polar surface area (TPSA) is 0 Å². The molecule has 0 bridgehead atoms. The molecule has 10 aromatic carbocycles. The van der Waals surface area contributed by atoms with Crippen molar-refractivity contribution in [1.29, 1.82) is 0 Å². The summed E-state index contributed by atoms with van der Waals surface area (Å²) in [6, 6.07) is 19.7. The highest BCUT2D eigenvalue weighted by Crippen LogP contribution is 2.51. The Bertz CT molecular complexity index is 3820. The molecule has 0 spiro atoms. The van der Waals surface area contributed by atoms with Crippen LogP contribution in [0.4, 0.5) is 0 Å². The molecule has 51 heavy (non-hydrogen) atoms. The van der Waals surface area contributed by atoms with Gasteiger partial charge < -0.3 is 0 Å². The molecule has 0 heterocycles. The highest BCUT2D eigenvalue weighted by atomic mass is 14.3. The molecular formula is C51H32. The molecule has 0 aromatic heterocycles. The van der Waals surface area contributed by atoms with Crippen LogP contribution in [-0.2, 0) is 6.42 Å². The van der Waals surface area contributed by atoms with Gasteiger partial charge in [-0.05, 0) is 128 Å². The van der Waals surface area contributed by atoms with Crippen molar-refractivity contribution in [1.82, 2.24) is 0 Å². The number of rotatable bonds is 3. The Kier molecular flexibility index (Phi) is 3.76. The van der Waals surface area contributed by atoms with Gasteiger partial charge >= 0.3 is 0 Å². The summed E-state index contributed by atoms with van der Waals surface area (Å²) in [5.74, 6) is 0. The number of hydrogen-bond donors (Lipinski definition) is 0. The quantitative estimate of drug-likeness (QED) is 0.166. The summed E-state index contributed by atoms with van der Waals surface area (Å²) in [7, 11) is 0. The maximum atomic E-state index is 9.72. The first-order valence-corrected chi connectivity index (χ1v) is 16.7.